The molecule has 3 aromatic rings. The second kappa shape index (κ2) is 9.27. The number of carbonyl (C=O) groups excluding carboxylic acids is 3. The van der Waals surface area contributed by atoms with Crippen molar-refractivity contribution in [2.75, 3.05) is 15.5 Å². The molecule has 0 aliphatic carbocycles. The van der Waals surface area contributed by atoms with E-state index in [0.29, 0.717) is 32.7 Å². The minimum Gasteiger partial charge on any atom is -0.350 e. The highest BCUT2D eigenvalue weighted by atomic mass is 35.5. The first-order valence-corrected chi connectivity index (χ1v) is 10.9. The van der Waals surface area contributed by atoms with Gasteiger partial charge >= 0.3 is 0 Å². The van der Waals surface area contributed by atoms with E-state index in [2.05, 4.69) is 10.6 Å². The maximum absolute atomic E-state index is 12.9. The average Bonchev–Trinajstić information content (AvgIpc) is 3.00. The minimum atomic E-state index is -0.656. The van der Waals surface area contributed by atoms with Crippen molar-refractivity contribution in [1.29, 1.82) is 0 Å². The van der Waals surface area contributed by atoms with Crippen molar-refractivity contribution < 1.29 is 14.4 Å². The predicted octanol–water partition coefficient (Wildman–Crippen LogP) is 5.99. The Balaban J connectivity index is 1.53. The van der Waals surface area contributed by atoms with Gasteiger partial charge in [-0.1, -0.05) is 46.9 Å². The molecule has 3 amide bonds. The van der Waals surface area contributed by atoms with E-state index in [1.54, 1.807) is 66.7 Å². The number of amides is 3. The molecule has 0 fully saturated rings. The summed E-state index contributed by atoms with van der Waals surface area (Å²) in [5.41, 5.74) is 2.45. The molecule has 0 radical (unpaired) electrons. The molecule has 0 spiro atoms. The summed E-state index contributed by atoms with van der Waals surface area (Å²) in [6, 6.07) is 17.9. The molecule has 9 heteroatoms. The molecule has 4 rings (SSSR count). The van der Waals surface area contributed by atoms with Crippen LogP contribution in [0.1, 0.15) is 15.9 Å². The Bertz CT molecular complexity index is 1320. The van der Waals surface area contributed by atoms with E-state index in [4.69, 9.17) is 34.8 Å². The molecule has 0 saturated carbocycles. The van der Waals surface area contributed by atoms with Gasteiger partial charge in [-0.2, -0.15) is 0 Å². The number of carbonyl (C=O) groups is 3. The standard InChI is InChI=1S/C24H16Cl3N3O3/c1-13-5-8-17(12-19(13)26)29-22(31)14-3-2-4-16(11-14)28-21-20(27)23(32)30(24(21)33)18-9-6-15(25)7-10-18/h2-12,28H,1H3,(H,29,31). The molecule has 3 aromatic carbocycles. The van der Waals surface area contributed by atoms with Crippen LogP contribution in [0.25, 0.3) is 0 Å². The number of nitrogens with one attached hydrogen (secondary N) is 2. The van der Waals surface area contributed by atoms with Crippen LogP contribution in [0.2, 0.25) is 10.0 Å². The third-order valence-electron chi connectivity index (χ3n) is 4.94. The molecular formula is C24H16Cl3N3O3. The first kappa shape index (κ1) is 22.9. The van der Waals surface area contributed by atoms with Gasteiger partial charge in [0.1, 0.15) is 10.7 Å². The number of imide groups is 1. The second-order valence-corrected chi connectivity index (χ2v) is 8.46. The predicted molar refractivity (Wildman–Crippen MR) is 131 cm³/mol. The average molecular weight is 501 g/mol. The van der Waals surface area contributed by atoms with Crippen LogP contribution in [0.5, 0.6) is 0 Å². The van der Waals surface area contributed by atoms with Crippen LogP contribution in [0.4, 0.5) is 17.1 Å². The molecular weight excluding hydrogens is 485 g/mol. The molecule has 0 unspecified atom stereocenters. The molecule has 1 aliphatic heterocycles. The van der Waals surface area contributed by atoms with E-state index in [1.165, 1.54) is 0 Å². The van der Waals surface area contributed by atoms with Crippen molar-refractivity contribution in [2.45, 2.75) is 6.92 Å². The fraction of sp³-hybridized carbons (Fsp3) is 0.0417. The van der Waals surface area contributed by atoms with Crippen LogP contribution in [0, 0.1) is 6.92 Å². The van der Waals surface area contributed by atoms with Gasteiger partial charge in [0.15, 0.2) is 0 Å². The van der Waals surface area contributed by atoms with Gasteiger partial charge in [0.05, 0.1) is 5.69 Å². The van der Waals surface area contributed by atoms with E-state index in [1.807, 2.05) is 6.92 Å². The largest absolute Gasteiger partial charge is 0.350 e. The topological polar surface area (TPSA) is 78.5 Å². The monoisotopic (exact) mass is 499 g/mol. The van der Waals surface area contributed by atoms with Gasteiger partial charge in [-0.3, -0.25) is 14.4 Å². The molecule has 0 aromatic heterocycles. The quantitative estimate of drug-likeness (QED) is 0.422. The van der Waals surface area contributed by atoms with Crippen molar-refractivity contribution in [2.24, 2.45) is 0 Å². The van der Waals surface area contributed by atoms with Crippen LogP contribution >= 0.6 is 34.8 Å². The van der Waals surface area contributed by atoms with Crippen molar-refractivity contribution in [1.82, 2.24) is 0 Å². The van der Waals surface area contributed by atoms with Gasteiger partial charge < -0.3 is 10.6 Å². The summed E-state index contributed by atoms with van der Waals surface area (Å²) < 4.78 is 0. The summed E-state index contributed by atoms with van der Waals surface area (Å²) in [6.45, 7) is 1.87. The summed E-state index contributed by atoms with van der Waals surface area (Å²) in [5.74, 6) is -1.64. The Morgan fingerprint density at radius 2 is 1.58 bits per heavy atom. The van der Waals surface area contributed by atoms with Crippen molar-refractivity contribution in [3.63, 3.8) is 0 Å². The van der Waals surface area contributed by atoms with E-state index >= 15 is 0 Å². The summed E-state index contributed by atoms with van der Waals surface area (Å²) in [7, 11) is 0. The highest BCUT2D eigenvalue weighted by molar-refractivity contribution is 6.53. The van der Waals surface area contributed by atoms with Gasteiger partial charge in [-0.25, -0.2) is 4.90 Å². The van der Waals surface area contributed by atoms with Gasteiger partial charge in [0.2, 0.25) is 0 Å². The fourth-order valence-corrected chi connectivity index (χ4v) is 3.71. The molecule has 6 nitrogen and oxygen atoms in total. The number of rotatable bonds is 5. The van der Waals surface area contributed by atoms with E-state index in [9.17, 15) is 14.4 Å². The van der Waals surface area contributed by atoms with Crippen molar-refractivity contribution in [3.8, 4) is 0 Å². The zero-order chi connectivity index (χ0) is 23.7. The lowest BCUT2D eigenvalue weighted by Crippen LogP contribution is -2.32. The highest BCUT2D eigenvalue weighted by Gasteiger charge is 2.39. The smallest absolute Gasteiger partial charge is 0.283 e. The van der Waals surface area contributed by atoms with Gasteiger partial charge in [-0.15, -0.1) is 0 Å². The zero-order valence-corrected chi connectivity index (χ0v) is 19.4. The lowest BCUT2D eigenvalue weighted by molar-refractivity contribution is -0.120. The second-order valence-electron chi connectivity index (χ2n) is 7.24. The Morgan fingerprint density at radius 1 is 0.848 bits per heavy atom. The number of halogens is 3. The maximum atomic E-state index is 12.9. The van der Waals surface area contributed by atoms with Crippen molar-refractivity contribution in [3.05, 3.63) is 98.6 Å². The SMILES string of the molecule is Cc1ccc(NC(=O)c2cccc(NC3=C(Cl)C(=O)N(c4ccc(Cl)cc4)C3=O)c2)cc1Cl. The summed E-state index contributed by atoms with van der Waals surface area (Å²) >= 11 is 18.2. The lowest BCUT2D eigenvalue weighted by atomic mass is 10.1. The number of anilines is 3. The number of nitrogens with zero attached hydrogens (tertiary/aromatic N) is 1. The zero-order valence-electron chi connectivity index (χ0n) is 17.2. The van der Waals surface area contributed by atoms with E-state index in [-0.39, 0.29) is 16.6 Å². The fourth-order valence-electron chi connectivity index (χ4n) is 3.19. The van der Waals surface area contributed by atoms with Crippen LogP contribution < -0.4 is 15.5 Å². The van der Waals surface area contributed by atoms with Crippen LogP contribution in [0.15, 0.2) is 77.5 Å². The summed E-state index contributed by atoms with van der Waals surface area (Å²) in [4.78, 5) is 39.2. The van der Waals surface area contributed by atoms with Crippen molar-refractivity contribution >= 4 is 69.6 Å². The number of hydrogen-bond donors (Lipinski definition) is 2. The number of hydrogen-bond acceptors (Lipinski definition) is 4. The van der Waals surface area contributed by atoms with Gasteiger partial charge in [0, 0.05) is 27.0 Å². The molecule has 0 atom stereocenters. The van der Waals surface area contributed by atoms with Crippen LogP contribution in [0.3, 0.4) is 0 Å². The Morgan fingerprint density at radius 3 is 2.27 bits per heavy atom. The van der Waals surface area contributed by atoms with Gasteiger partial charge in [-0.05, 0) is 67.1 Å². The molecule has 1 heterocycles. The number of aryl methyl sites for hydroxylation is 1. The third kappa shape index (κ3) is 4.73. The Kier molecular flexibility index (Phi) is 6.42. The van der Waals surface area contributed by atoms with E-state index < -0.39 is 11.8 Å². The molecule has 166 valence electrons. The molecule has 33 heavy (non-hydrogen) atoms. The first-order valence-electron chi connectivity index (χ1n) is 9.73. The van der Waals surface area contributed by atoms with E-state index in [0.717, 1.165) is 10.5 Å². The number of benzene rings is 3. The Hall–Kier alpha value is -3.32. The molecule has 2 N–H and O–H groups in total. The summed E-state index contributed by atoms with van der Waals surface area (Å²) in [6.07, 6.45) is 0. The van der Waals surface area contributed by atoms with Crippen LogP contribution in [-0.4, -0.2) is 17.7 Å². The molecule has 0 saturated heterocycles. The molecule has 0 bridgehead atoms. The molecule has 1 aliphatic rings. The maximum Gasteiger partial charge on any atom is 0.283 e. The highest BCUT2D eigenvalue weighted by Crippen LogP contribution is 2.31. The normalized spacial score (nSPS) is 13.5. The summed E-state index contributed by atoms with van der Waals surface area (Å²) in [5, 5.41) is 6.40. The lowest BCUT2D eigenvalue weighted by Gasteiger charge is -2.15. The van der Waals surface area contributed by atoms with Gasteiger partial charge in [0.25, 0.3) is 17.7 Å². The third-order valence-corrected chi connectivity index (χ3v) is 5.95. The Labute approximate surface area is 204 Å². The minimum absolute atomic E-state index is 0.0838. The van der Waals surface area contributed by atoms with Crippen LogP contribution in [-0.2, 0) is 9.59 Å². The first-order chi connectivity index (χ1) is 15.7.